The maximum atomic E-state index is 11.0. The minimum absolute atomic E-state index is 0.164. The zero-order valence-electron chi connectivity index (χ0n) is 34.8. The van der Waals surface area contributed by atoms with E-state index in [1.807, 2.05) is 0 Å². The van der Waals surface area contributed by atoms with Crippen LogP contribution in [0.15, 0.2) is 0 Å². The van der Waals surface area contributed by atoms with Crippen LogP contribution in [0.3, 0.4) is 0 Å². The molecule has 15 nitrogen and oxygen atoms in total. The van der Waals surface area contributed by atoms with E-state index in [-0.39, 0.29) is 43.7 Å². The summed E-state index contributed by atoms with van der Waals surface area (Å²) in [5.74, 6) is 0. The largest absolute Gasteiger partial charge is 0.501 e. The molecular formula is C38H74N2O13Si3. The number of nitrogens with zero attached hydrogens (tertiary/aromatic N) is 1. The van der Waals surface area contributed by atoms with E-state index in [0.717, 1.165) is 57.5 Å². The second-order valence-corrected chi connectivity index (χ2v) is 25.3. The Labute approximate surface area is 339 Å². The fourth-order valence-corrected chi connectivity index (χ4v) is 17.2. The molecule has 0 radical (unpaired) electrons. The van der Waals surface area contributed by atoms with Gasteiger partial charge in [0.1, 0.15) is 0 Å². The molecule has 4 aliphatic carbocycles. The van der Waals surface area contributed by atoms with E-state index in [0.29, 0.717) is 56.9 Å². The lowest BCUT2D eigenvalue weighted by atomic mass is 9.81. The first-order valence-electron chi connectivity index (χ1n) is 21.8. The Balaban J connectivity index is 0.889. The van der Waals surface area contributed by atoms with E-state index in [4.69, 9.17) is 49.3 Å². The summed E-state index contributed by atoms with van der Waals surface area (Å²) in [6.45, 7) is 4.23. The molecule has 6 aliphatic rings. The highest BCUT2D eigenvalue weighted by molar-refractivity contribution is 6.62. The fourth-order valence-electron chi connectivity index (χ4n) is 9.47. The predicted molar refractivity (Wildman–Crippen MR) is 214 cm³/mol. The van der Waals surface area contributed by atoms with Crippen molar-refractivity contribution in [1.29, 1.82) is 0 Å². The van der Waals surface area contributed by atoms with Crippen LogP contribution < -0.4 is 5.32 Å². The number of aliphatic hydroxyl groups is 2. The Morgan fingerprint density at radius 1 is 0.714 bits per heavy atom. The number of rotatable bonds is 29. The third kappa shape index (κ3) is 11.9. The van der Waals surface area contributed by atoms with E-state index < -0.39 is 38.6 Å². The Kier molecular flexibility index (Phi) is 17.7. The first-order valence-corrected chi connectivity index (χ1v) is 27.5. The molecule has 2 aliphatic heterocycles. The molecule has 0 aromatic heterocycles. The van der Waals surface area contributed by atoms with Crippen molar-refractivity contribution in [2.45, 2.75) is 151 Å². The molecule has 0 bridgehead atoms. The van der Waals surface area contributed by atoms with Crippen LogP contribution in [0.4, 0.5) is 0 Å². The smallest absolute Gasteiger partial charge is 0.389 e. The molecular weight excluding hydrogens is 777 g/mol. The lowest BCUT2D eigenvalue weighted by Crippen LogP contribution is -2.46. The number of hydrogen-bond acceptors (Lipinski definition) is 15. The number of nitrogens with one attached hydrogen (secondary N) is 1. The number of aliphatic hydroxyl groups excluding tert-OH is 2. The Morgan fingerprint density at radius 2 is 1.27 bits per heavy atom. The summed E-state index contributed by atoms with van der Waals surface area (Å²) >= 11 is 0. The van der Waals surface area contributed by atoms with Gasteiger partial charge in [-0.3, -0.25) is 4.90 Å². The third-order valence-corrected chi connectivity index (χ3v) is 21.6. The monoisotopic (exact) mass is 850 g/mol. The van der Waals surface area contributed by atoms with Crippen LogP contribution in [0.5, 0.6) is 0 Å². The highest BCUT2D eigenvalue weighted by Crippen LogP contribution is 2.68. The lowest BCUT2D eigenvalue weighted by molar-refractivity contribution is -0.0105. The summed E-state index contributed by atoms with van der Waals surface area (Å²) in [6.07, 6.45) is 14.6. The molecule has 18 heteroatoms. The van der Waals surface area contributed by atoms with Gasteiger partial charge in [0.15, 0.2) is 0 Å². The average molecular weight is 851 g/mol. The maximum absolute atomic E-state index is 11.0. The van der Waals surface area contributed by atoms with Gasteiger partial charge >= 0.3 is 26.4 Å². The third-order valence-electron chi connectivity index (χ3n) is 12.9. The van der Waals surface area contributed by atoms with Crippen LogP contribution in [0.1, 0.15) is 89.9 Å². The van der Waals surface area contributed by atoms with Crippen LogP contribution >= 0.6 is 0 Å². The predicted octanol–water partition coefficient (Wildman–Crippen LogP) is 3.49. The number of fused-ring (bicyclic) bond motifs is 4. The van der Waals surface area contributed by atoms with Crippen LogP contribution in [0.25, 0.3) is 0 Å². The minimum Gasteiger partial charge on any atom is -0.389 e. The van der Waals surface area contributed by atoms with E-state index in [1.54, 1.807) is 28.4 Å². The van der Waals surface area contributed by atoms with Gasteiger partial charge in [-0.2, -0.15) is 0 Å². The summed E-state index contributed by atoms with van der Waals surface area (Å²) in [5.41, 5.74) is 0.305. The maximum Gasteiger partial charge on any atom is 0.501 e. The molecule has 0 aromatic rings. The molecule has 3 N–H and O–H groups in total. The molecule has 6 atom stereocenters. The normalized spacial score (nSPS) is 32.2. The van der Waals surface area contributed by atoms with Gasteiger partial charge in [-0.25, -0.2) is 0 Å². The van der Waals surface area contributed by atoms with Gasteiger partial charge in [0.25, 0.3) is 0 Å². The van der Waals surface area contributed by atoms with Crippen LogP contribution in [0.2, 0.25) is 18.1 Å². The second-order valence-electron chi connectivity index (χ2n) is 16.9. The number of ether oxygens (including phenoxy) is 2. The molecule has 6 rings (SSSR count). The molecule has 6 fully saturated rings. The summed E-state index contributed by atoms with van der Waals surface area (Å²) < 4.78 is 66.9. The van der Waals surface area contributed by atoms with E-state index in [9.17, 15) is 10.2 Å². The van der Waals surface area contributed by atoms with Crippen molar-refractivity contribution in [3.63, 3.8) is 0 Å². The Hall–Kier alpha value is 0.0506. The van der Waals surface area contributed by atoms with Gasteiger partial charge in [-0.15, -0.1) is 0 Å². The molecule has 0 amide bonds. The fraction of sp³-hybridized carbons (Fsp3) is 1.00. The minimum atomic E-state index is -2.74. The molecule has 0 aromatic carbocycles. The van der Waals surface area contributed by atoms with Crippen molar-refractivity contribution in [1.82, 2.24) is 10.2 Å². The van der Waals surface area contributed by atoms with Crippen LogP contribution in [0, 0.1) is 5.41 Å². The quantitative estimate of drug-likeness (QED) is 0.0742. The Bertz CT molecular complexity index is 1100. The van der Waals surface area contributed by atoms with E-state index >= 15 is 0 Å². The van der Waals surface area contributed by atoms with Crippen molar-refractivity contribution >= 4 is 26.4 Å². The summed E-state index contributed by atoms with van der Waals surface area (Å²) in [6, 6.07) is 2.17. The van der Waals surface area contributed by atoms with Gasteiger partial charge in [-0.1, -0.05) is 32.1 Å². The zero-order chi connectivity index (χ0) is 39.5. The molecule has 1 spiro atoms. The SMILES string of the molecule is CO[Si](CCCOCC(O)CN(CCNCCC[Si]1(OC)OC2C(O1)C21CCC1)CC(O)COCCC[Si]1(OC)OC2CCCCC2O1)(OC)OC1CCCC1. The summed E-state index contributed by atoms with van der Waals surface area (Å²) in [7, 11) is -1.24. The average Bonchev–Trinajstić information content (AvgIpc) is 3.62. The highest BCUT2D eigenvalue weighted by Gasteiger charge is 2.77. The molecule has 2 saturated heterocycles. The van der Waals surface area contributed by atoms with Crippen molar-refractivity contribution < 1.29 is 59.5 Å². The van der Waals surface area contributed by atoms with Crippen molar-refractivity contribution in [2.24, 2.45) is 5.41 Å². The first-order chi connectivity index (χ1) is 27.2. The van der Waals surface area contributed by atoms with Gasteiger partial charge < -0.3 is 64.8 Å². The molecule has 56 heavy (non-hydrogen) atoms. The van der Waals surface area contributed by atoms with Gasteiger partial charge in [0.2, 0.25) is 0 Å². The summed E-state index contributed by atoms with van der Waals surface area (Å²) in [5, 5.41) is 25.6. The molecule has 2 heterocycles. The lowest BCUT2D eigenvalue weighted by Gasteiger charge is -2.34. The first kappa shape index (κ1) is 45.6. The van der Waals surface area contributed by atoms with Crippen LogP contribution in [-0.4, -0.2) is 172 Å². The zero-order valence-corrected chi connectivity index (χ0v) is 37.8. The van der Waals surface area contributed by atoms with Crippen LogP contribution in [-0.2, 0) is 49.3 Å². The molecule has 326 valence electrons. The van der Waals surface area contributed by atoms with Gasteiger partial charge in [0, 0.05) is 97.5 Å². The Morgan fingerprint density at radius 3 is 1.82 bits per heavy atom. The molecule has 6 unspecified atom stereocenters. The summed E-state index contributed by atoms with van der Waals surface area (Å²) in [4.78, 5) is 2.08. The van der Waals surface area contributed by atoms with E-state index in [2.05, 4.69) is 10.2 Å². The van der Waals surface area contributed by atoms with Gasteiger partial charge in [0.05, 0.1) is 49.8 Å². The van der Waals surface area contributed by atoms with Crippen molar-refractivity contribution in [2.75, 3.05) is 87.6 Å². The number of hydrogen-bond donors (Lipinski definition) is 3. The second kappa shape index (κ2) is 21.7. The topological polar surface area (TPSA) is 157 Å². The standard InChI is InChI=1S/C38H74N2O13Si3/c1-43-54(44-2,49-33-13-5-6-14-33)25-11-22-47-29-31(41)27-40(21-20-39-19-10-24-56(46-4)52-36-37(53-56)38(36)17-9-18-38)28-32(42)30-48-23-12-26-55(45-3)50-34-15-7-8-16-35(34)51-55/h31-37,39,41-42H,5-30H2,1-4H3. The highest BCUT2D eigenvalue weighted by atomic mass is 28.4. The van der Waals surface area contributed by atoms with Crippen molar-refractivity contribution in [3.05, 3.63) is 0 Å². The van der Waals surface area contributed by atoms with Crippen molar-refractivity contribution in [3.8, 4) is 0 Å². The van der Waals surface area contributed by atoms with E-state index in [1.165, 1.54) is 44.9 Å². The van der Waals surface area contributed by atoms with Gasteiger partial charge in [-0.05, 0) is 64.3 Å². The molecule has 4 saturated carbocycles.